The quantitative estimate of drug-likeness (QED) is 0.477. The summed E-state index contributed by atoms with van der Waals surface area (Å²) in [7, 11) is 0. The number of unbranched alkanes of at least 4 members (excludes halogenated alkanes) is 2. The van der Waals surface area contributed by atoms with E-state index in [1.807, 2.05) is 0 Å². The van der Waals surface area contributed by atoms with Crippen LogP contribution in [0.3, 0.4) is 0 Å². The minimum Gasteiger partial charge on any atom is -0.381 e. The van der Waals surface area contributed by atoms with Crippen molar-refractivity contribution >= 4 is 5.78 Å². The van der Waals surface area contributed by atoms with E-state index in [4.69, 9.17) is 9.47 Å². The molecule has 2 rings (SSSR count). The van der Waals surface area contributed by atoms with E-state index in [0.29, 0.717) is 23.7 Å². The SMILES string of the molecule is CC(C)COCCCCCC(=O)C1CC2OC2(C)CC1C. The molecule has 0 spiro atoms. The molecule has 0 aromatic heterocycles. The summed E-state index contributed by atoms with van der Waals surface area (Å²) in [4.78, 5) is 12.4. The van der Waals surface area contributed by atoms with Crippen molar-refractivity contribution in [1.29, 1.82) is 0 Å². The predicted molar refractivity (Wildman–Crippen MR) is 84.3 cm³/mol. The van der Waals surface area contributed by atoms with E-state index in [1.165, 1.54) is 0 Å². The third-order valence-electron chi connectivity index (χ3n) is 4.99. The van der Waals surface area contributed by atoms with Crippen LogP contribution in [-0.4, -0.2) is 30.7 Å². The highest BCUT2D eigenvalue weighted by Crippen LogP contribution is 2.51. The van der Waals surface area contributed by atoms with Gasteiger partial charge in [0.25, 0.3) is 0 Å². The highest BCUT2D eigenvalue weighted by atomic mass is 16.6. The average molecular weight is 296 g/mol. The van der Waals surface area contributed by atoms with Crippen LogP contribution in [0.1, 0.15) is 66.2 Å². The first-order chi connectivity index (χ1) is 9.92. The van der Waals surface area contributed by atoms with Gasteiger partial charge in [-0.3, -0.25) is 4.79 Å². The van der Waals surface area contributed by atoms with Gasteiger partial charge in [0.15, 0.2) is 0 Å². The Hall–Kier alpha value is -0.410. The van der Waals surface area contributed by atoms with Crippen LogP contribution in [-0.2, 0) is 14.3 Å². The van der Waals surface area contributed by atoms with Crippen molar-refractivity contribution in [3.8, 4) is 0 Å². The summed E-state index contributed by atoms with van der Waals surface area (Å²) in [6, 6.07) is 0. The molecule has 3 heteroatoms. The first-order valence-electron chi connectivity index (χ1n) is 8.70. The van der Waals surface area contributed by atoms with Crippen molar-refractivity contribution < 1.29 is 14.3 Å². The van der Waals surface area contributed by atoms with Gasteiger partial charge in [-0.25, -0.2) is 0 Å². The van der Waals surface area contributed by atoms with E-state index in [2.05, 4.69) is 27.7 Å². The highest BCUT2D eigenvalue weighted by molar-refractivity contribution is 5.81. The second-order valence-corrected chi connectivity index (χ2v) is 7.69. The fourth-order valence-electron chi connectivity index (χ4n) is 3.65. The summed E-state index contributed by atoms with van der Waals surface area (Å²) >= 11 is 0. The van der Waals surface area contributed by atoms with Crippen molar-refractivity contribution in [2.45, 2.75) is 77.9 Å². The third-order valence-corrected chi connectivity index (χ3v) is 4.99. The minimum atomic E-state index is 0.101. The Bertz CT molecular complexity index is 352. The topological polar surface area (TPSA) is 38.8 Å². The largest absolute Gasteiger partial charge is 0.381 e. The summed E-state index contributed by atoms with van der Waals surface area (Å²) in [6.45, 7) is 10.4. The van der Waals surface area contributed by atoms with Gasteiger partial charge < -0.3 is 9.47 Å². The van der Waals surface area contributed by atoms with E-state index in [9.17, 15) is 4.79 Å². The molecule has 21 heavy (non-hydrogen) atoms. The number of hydrogen-bond donors (Lipinski definition) is 0. The van der Waals surface area contributed by atoms with Crippen LogP contribution >= 0.6 is 0 Å². The number of epoxide rings is 1. The molecule has 0 amide bonds. The Morgan fingerprint density at radius 1 is 1.33 bits per heavy atom. The van der Waals surface area contributed by atoms with Gasteiger partial charge in [-0.05, 0) is 44.4 Å². The van der Waals surface area contributed by atoms with Gasteiger partial charge in [0, 0.05) is 25.6 Å². The molecule has 1 saturated carbocycles. The van der Waals surface area contributed by atoms with E-state index < -0.39 is 0 Å². The zero-order valence-corrected chi connectivity index (χ0v) is 14.2. The third kappa shape index (κ3) is 4.79. The summed E-state index contributed by atoms with van der Waals surface area (Å²) in [5.74, 6) is 1.79. The fourth-order valence-corrected chi connectivity index (χ4v) is 3.65. The second kappa shape index (κ2) is 7.23. The molecule has 1 aliphatic heterocycles. The zero-order valence-electron chi connectivity index (χ0n) is 14.2. The number of rotatable bonds is 9. The maximum absolute atomic E-state index is 12.4. The highest BCUT2D eigenvalue weighted by Gasteiger charge is 2.58. The van der Waals surface area contributed by atoms with Crippen molar-refractivity contribution in [2.24, 2.45) is 17.8 Å². The summed E-state index contributed by atoms with van der Waals surface area (Å²) in [6.07, 6.45) is 6.28. The number of carbonyl (C=O) groups is 1. The Kier molecular flexibility index (Phi) is 5.84. The average Bonchev–Trinajstić information content (AvgIpc) is 3.05. The van der Waals surface area contributed by atoms with Gasteiger partial charge >= 0.3 is 0 Å². The van der Waals surface area contributed by atoms with Gasteiger partial charge in [-0.2, -0.15) is 0 Å². The number of carbonyl (C=O) groups excluding carboxylic acids is 1. The van der Waals surface area contributed by atoms with Crippen LogP contribution in [0.15, 0.2) is 0 Å². The number of fused-ring (bicyclic) bond motifs is 1. The molecule has 2 fully saturated rings. The van der Waals surface area contributed by atoms with E-state index in [1.54, 1.807) is 0 Å². The van der Waals surface area contributed by atoms with Gasteiger partial charge in [0.2, 0.25) is 0 Å². The molecule has 0 bridgehead atoms. The van der Waals surface area contributed by atoms with E-state index in [0.717, 1.165) is 51.7 Å². The lowest BCUT2D eigenvalue weighted by atomic mass is 9.73. The maximum atomic E-state index is 12.4. The van der Waals surface area contributed by atoms with Gasteiger partial charge in [0.05, 0.1) is 11.7 Å². The van der Waals surface area contributed by atoms with Crippen LogP contribution < -0.4 is 0 Å². The molecular weight excluding hydrogens is 264 g/mol. The van der Waals surface area contributed by atoms with Gasteiger partial charge in [0.1, 0.15) is 5.78 Å². The maximum Gasteiger partial charge on any atom is 0.136 e. The molecule has 4 atom stereocenters. The lowest BCUT2D eigenvalue weighted by Crippen LogP contribution is -2.33. The van der Waals surface area contributed by atoms with E-state index >= 15 is 0 Å². The Balaban J connectivity index is 1.55. The first kappa shape index (κ1) is 17.0. The van der Waals surface area contributed by atoms with Crippen LogP contribution in [0.5, 0.6) is 0 Å². The smallest absolute Gasteiger partial charge is 0.136 e. The molecular formula is C18H32O3. The molecule has 3 nitrogen and oxygen atoms in total. The number of ether oxygens (including phenoxy) is 2. The number of hydrogen-bond acceptors (Lipinski definition) is 3. The molecule has 1 saturated heterocycles. The van der Waals surface area contributed by atoms with Crippen molar-refractivity contribution in [3.05, 3.63) is 0 Å². The Morgan fingerprint density at radius 3 is 2.81 bits per heavy atom. The van der Waals surface area contributed by atoms with Crippen LogP contribution in [0, 0.1) is 17.8 Å². The molecule has 2 aliphatic rings. The van der Waals surface area contributed by atoms with Crippen molar-refractivity contribution in [2.75, 3.05) is 13.2 Å². The zero-order chi connectivity index (χ0) is 15.5. The van der Waals surface area contributed by atoms with E-state index in [-0.39, 0.29) is 11.5 Å². The molecule has 0 N–H and O–H groups in total. The first-order valence-corrected chi connectivity index (χ1v) is 8.70. The molecule has 1 aliphatic carbocycles. The van der Waals surface area contributed by atoms with Crippen molar-refractivity contribution in [1.82, 2.24) is 0 Å². The molecule has 0 radical (unpaired) electrons. The minimum absolute atomic E-state index is 0.101. The van der Waals surface area contributed by atoms with Crippen molar-refractivity contribution in [3.63, 3.8) is 0 Å². The van der Waals surface area contributed by atoms with Crippen LogP contribution in [0.2, 0.25) is 0 Å². The monoisotopic (exact) mass is 296 g/mol. The molecule has 0 aromatic carbocycles. The standard InChI is InChI=1S/C18H32O3/c1-13(2)12-20-9-7-5-6-8-16(19)15-10-17-18(4,21-17)11-14(15)3/h13-15,17H,5-12H2,1-4H3. The molecule has 0 aromatic rings. The molecule has 122 valence electrons. The van der Waals surface area contributed by atoms with Gasteiger partial charge in [-0.15, -0.1) is 0 Å². The predicted octanol–water partition coefficient (Wildman–Crippen LogP) is 3.99. The second-order valence-electron chi connectivity index (χ2n) is 7.69. The molecule has 4 unspecified atom stereocenters. The Morgan fingerprint density at radius 2 is 2.10 bits per heavy atom. The lowest BCUT2D eigenvalue weighted by molar-refractivity contribution is -0.125. The molecule has 1 heterocycles. The Labute approximate surface area is 129 Å². The number of Topliss-reactive ketones (excluding diaryl/α,β-unsaturated/α-hetero) is 1. The summed E-state index contributed by atoms with van der Waals surface area (Å²) < 4.78 is 11.3. The van der Waals surface area contributed by atoms with Gasteiger partial charge in [-0.1, -0.05) is 27.2 Å². The van der Waals surface area contributed by atoms with Crippen LogP contribution in [0.4, 0.5) is 0 Å². The lowest BCUT2D eigenvalue weighted by Gasteiger charge is -2.28. The number of ketones is 1. The summed E-state index contributed by atoms with van der Waals surface area (Å²) in [5, 5.41) is 0. The fraction of sp³-hybridized carbons (Fsp3) is 0.944. The normalized spacial score (nSPS) is 34.8. The van der Waals surface area contributed by atoms with Crippen LogP contribution in [0.25, 0.3) is 0 Å². The summed E-state index contributed by atoms with van der Waals surface area (Å²) in [5.41, 5.74) is 0.101.